The standard InChI is InChI=1S/C17H16N4O3/c1-21-5-4-10-11(7-21)14(12-3-2-6-24-12)17(8-18,9-19)15(20)13(10)16(22)23/h2-4,6,11,13-14,20H,5,7H2,1H3,(H,22,23)/t11-,13?,14-/m1/s1. The van der Waals surface area contributed by atoms with Crippen molar-refractivity contribution in [3.05, 3.63) is 35.8 Å². The van der Waals surface area contributed by atoms with Crippen LogP contribution in [-0.2, 0) is 4.79 Å². The molecule has 2 heterocycles. The Morgan fingerprint density at radius 2 is 2.21 bits per heavy atom. The summed E-state index contributed by atoms with van der Waals surface area (Å²) in [6, 6.07) is 7.16. The average molecular weight is 324 g/mol. The van der Waals surface area contributed by atoms with Gasteiger partial charge in [-0.25, -0.2) is 0 Å². The molecule has 3 rings (SSSR count). The van der Waals surface area contributed by atoms with E-state index >= 15 is 0 Å². The van der Waals surface area contributed by atoms with Crippen LogP contribution in [0.4, 0.5) is 0 Å². The Labute approximate surface area is 138 Å². The summed E-state index contributed by atoms with van der Waals surface area (Å²) in [6.45, 7) is 1.18. The first-order valence-electron chi connectivity index (χ1n) is 7.63. The molecule has 2 aliphatic rings. The molecule has 1 aliphatic heterocycles. The zero-order valence-electron chi connectivity index (χ0n) is 13.1. The van der Waals surface area contributed by atoms with Gasteiger partial charge in [0.1, 0.15) is 5.76 Å². The molecule has 1 fully saturated rings. The fraction of sp³-hybridized carbons (Fsp3) is 0.412. The van der Waals surface area contributed by atoms with E-state index in [1.54, 1.807) is 18.2 Å². The predicted octanol–water partition coefficient (Wildman–Crippen LogP) is -1.13. The van der Waals surface area contributed by atoms with Gasteiger partial charge in [0, 0.05) is 5.92 Å². The van der Waals surface area contributed by atoms with Crippen LogP contribution in [0.2, 0.25) is 0 Å². The summed E-state index contributed by atoms with van der Waals surface area (Å²) >= 11 is 0. The third kappa shape index (κ3) is 2.06. The van der Waals surface area contributed by atoms with Crippen molar-refractivity contribution in [1.29, 1.82) is 15.9 Å². The van der Waals surface area contributed by atoms with Crippen LogP contribution in [0.1, 0.15) is 11.7 Å². The molecule has 1 aliphatic carbocycles. The van der Waals surface area contributed by atoms with E-state index in [1.807, 2.05) is 19.2 Å². The number of nitrogens with one attached hydrogen (secondary N) is 2. The lowest BCUT2D eigenvalue weighted by Gasteiger charge is -2.46. The largest absolute Gasteiger partial charge is 0.549 e. The molecule has 0 saturated heterocycles. The van der Waals surface area contributed by atoms with Gasteiger partial charge < -0.3 is 24.6 Å². The monoisotopic (exact) mass is 324 g/mol. The van der Waals surface area contributed by atoms with Crippen molar-refractivity contribution in [1.82, 2.24) is 0 Å². The van der Waals surface area contributed by atoms with Crippen LogP contribution in [-0.4, -0.2) is 31.8 Å². The number of nitriles is 2. The number of quaternary nitrogens is 1. The molecule has 1 aromatic heterocycles. The maximum atomic E-state index is 11.7. The number of rotatable bonds is 2. The van der Waals surface area contributed by atoms with Gasteiger partial charge >= 0.3 is 0 Å². The summed E-state index contributed by atoms with van der Waals surface area (Å²) in [5.41, 5.74) is -1.77. The van der Waals surface area contributed by atoms with Gasteiger partial charge in [0.2, 0.25) is 0 Å². The van der Waals surface area contributed by atoms with Crippen molar-refractivity contribution in [2.75, 3.05) is 20.1 Å². The third-order valence-corrected chi connectivity index (χ3v) is 5.04. The highest BCUT2D eigenvalue weighted by Crippen LogP contribution is 2.52. The van der Waals surface area contributed by atoms with E-state index in [-0.39, 0.29) is 5.92 Å². The second kappa shape index (κ2) is 5.63. The highest BCUT2D eigenvalue weighted by atomic mass is 16.4. The summed E-state index contributed by atoms with van der Waals surface area (Å²) < 4.78 is 5.46. The normalized spacial score (nSPS) is 31.3. The molecule has 0 spiro atoms. The Hall–Kier alpha value is -2.90. The number of carbonyl (C=O) groups excluding carboxylic acids is 1. The third-order valence-electron chi connectivity index (χ3n) is 5.04. The molecule has 4 atom stereocenters. The molecule has 122 valence electrons. The van der Waals surface area contributed by atoms with Gasteiger partial charge in [-0.3, -0.25) is 0 Å². The minimum Gasteiger partial charge on any atom is -0.549 e. The topological polar surface area (TPSA) is 129 Å². The molecule has 1 aromatic rings. The number of likely N-dealkylation sites (N-methyl/N-ethyl adjacent to an activating group) is 1. The van der Waals surface area contributed by atoms with Crippen molar-refractivity contribution >= 4 is 11.7 Å². The lowest BCUT2D eigenvalue weighted by atomic mass is 9.55. The number of carboxylic acids is 1. The smallest absolute Gasteiger partial charge is 0.192 e. The van der Waals surface area contributed by atoms with E-state index < -0.39 is 28.9 Å². The van der Waals surface area contributed by atoms with E-state index in [1.165, 1.54) is 6.26 Å². The van der Waals surface area contributed by atoms with E-state index in [0.717, 1.165) is 4.90 Å². The summed E-state index contributed by atoms with van der Waals surface area (Å²) in [7, 11) is 1.96. The van der Waals surface area contributed by atoms with Gasteiger partial charge in [-0.15, -0.1) is 0 Å². The van der Waals surface area contributed by atoms with Crippen molar-refractivity contribution in [3.63, 3.8) is 0 Å². The zero-order valence-corrected chi connectivity index (χ0v) is 13.1. The SMILES string of the molecule is C[NH+]1CC=C2C(C(=O)[O-])C(=N)C(C#N)(C#N)[C@@H](c3ccco3)[C@@H]2C1. The Kier molecular flexibility index (Phi) is 3.75. The summed E-state index contributed by atoms with van der Waals surface area (Å²) in [6.07, 6.45) is 3.25. The van der Waals surface area contributed by atoms with Crippen LogP contribution in [0.15, 0.2) is 34.5 Å². The maximum absolute atomic E-state index is 11.7. The maximum Gasteiger partial charge on any atom is 0.192 e. The molecule has 0 bridgehead atoms. The molecule has 24 heavy (non-hydrogen) atoms. The highest BCUT2D eigenvalue weighted by Gasteiger charge is 2.59. The van der Waals surface area contributed by atoms with Crippen molar-refractivity contribution in [2.24, 2.45) is 17.3 Å². The van der Waals surface area contributed by atoms with Gasteiger partial charge in [0.25, 0.3) is 0 Å². The van der Waals surface area contributed by atoms with E-state index in [0.29, 0.717) is 24.4 Å². The van der Waals surface area contributed by atoms with Crippen LogP contribution in [0.25, 0.3) is 0 Å². The number of aliphatic carboxylic acids is 1. The predicted molar refractivity (Wildman–Crippen MR) is 79.5 cm³/mol. The van der Waals surface area contributed by atoms with Gasteiger partial charge in [-0.05, 0) is 23.8 Å². The summed E-state index contributed by atoms with van der Waals surface area (Å²) in [5, 5.41) is 39.5. The average Bonchev–Trinajstić information content (AvgIpc) is 3.07. The van der Waals surface area contributed by atoms with Crippen molar-refractivity contribution < 1.29 is 19.2 Å². The lowest BCUT2D eigenvalue weighted by molar-refractivity contribution is -0.879. The van der Waals surface area contributed by atoms with Crippen LogP contribution in [0.3, 0.4) is 0 Å². The molecule has 2 unspecified atom stereocenters. The van der Waals surface area contributed by atoms with Crippen LogP contribution < -0.4 is 10.0 Å². The van der Waals surface area contributed by atoms with Gasteiger partial charge in [-0.2, -0.15) is 10.5 Å². The number of hydrogen-bond donors (Lipinski definition) is 2. The molecular weight excluding hydrogens is 308 g/mol. The molecule has 0 radical (unpaired) electrons. The fourth-order valence-electron chi connectivity index (χ4n) is 3.94. The molecule has 2 N–H and O–H groups in total. The van der Waals surface area contributed by atoms with Gasteiger partial charge in [0.05, 0.1) is 62.1 Å². The van der Waals surface area contributed by atoms with Crippen LogP contribution >= 0.6 is 0 Å². The van der Waals surface area contributed by atoms with Gasteiger partial charge in [0.15, 0.2) is 5.41 Å². The number of nitrogens with zero attached hydrogens (tertiary/aromatic N) is 2. The first kappa shape index (κ1) is 16.0. The Morgan fingerprint density at radius 3 is 2.75 bits per heavy atom. The first-order chi connectivity index (χ1) is 11.5. The quantitative estimate of drug-likeness (QED) is 0.665. The molecule has 0 amide bonds. The highest BCUT2D eigenvalue weighted by molar-refractivity contribution is 6.09. The van der Waals surface area contributed by atoms with E-state index in [9.17, 15) is 20.4 Å². The number of carboxylic acid groups (broad SMARTS) is 1. The number of hydrogen-bond acceptors (Lipinski definition) is 6. The van der Waals surface area contributed by atoms with Gasteiger partial charge in [-0.1, -0.05) is 0 Å². The molecular formula is C17H16N4O3. The van der Waals surface area contributed by atoms with E-state index in [2.05, 4.69) is 0 Å². The molecule has 7 heteroatoms. The summed E-state index contributed by atoms with van der Waals surface area (Å²) in [4.78, 5) is 12.8. The second-order valence-corrected chi connectivity index (χ2v) is 6.37. The first-order valence-corrected chi connectivity index (χ1v) is 7.63. The molecule has 7 nitrogen and oxygen atoms in total. The minimum absolute atomic E-state index is 0.374. The lowest BCUT2D eigenvalue weighted by Crippen LogP contribution is -3.10. The van der Waals surface area contributed by atoms with E-state index in [4.69, 9.17) is 9.83 Å². The number of furan rings is 1. The molecule has 0 aromatic carbocycles. The Morgan fingerprint density at radius 1 is 1.50 bits per heavy atom. The number of carbonyl (C=O) groups is 1. The number of fused-ring (bicyclic) bond motifs is 1. The van der Waals surface area contributed by atoms with Crippen molar-refractivity contribution in [2.45, 2.75) is 5.92 Å². The minimum atomic E-state index is -1.89. The van der Waals surface area contributed by atoms with Crippen LogP contribution in [0.5, 0.6) is 0 Å². The van der Waals surface area contributed by atoms with Crippen molar-refractivity contribution in [3.8, 4) is 12.1 Å². The second-order valence-electron chi connectivity index (χ2n) is 6.37. The Balaban J connectivity index is 2.26. The van der Waals surface area contributed by atoms with Crippen LogP contribution in [0, 0.1) is 45.3 Å². The molecule has 1 saturated carbocycles. The Bertz CT molecular complexity index is 783. The zero-order chi connectivity index (χ0) is 17.5. The summed E-state index contributed by atoms with van der Waals surface area (Å²) in [5.74, 6) is -3.45. The fourth-order valence-corrected chi connectivity index (χ4v) is 3.94.